The van der Waals surface area contributed by atoms with Crippen molar-refractivity contribution in [2.75, 3.05) is 22.5 Å². The molecule has 3 rings (SSSR count). The van der Waals surface area contributed by atoms with Crippen molar-refractivity contribution in [1.29, 1.82) is 5.26 Å². The molecule has 8 heteroatoms. The van der Waals surface area contributed by atoms with Crippen LogP contribution in [0.4, 0.5) is 16.5 Å². The Morgan fingerprint density at radius 2 is 2.04 bits per heavy atom. The number of hydrogen-bond donors (Lipinski definition) is 1. The number of anilines is 3. The number of amides is 1. The fraction of sp³-hybridized carbons (Fsp3) is 0.200. The van der Waals surface area contributed by atoms with E-state index in [4.69, 9.17) is 5.26 Å². The molecule has 0 spiro atoms. The summed E-state index contributed by atoms with van der Waals surface area (Å²) in [7, 11) is 0. The van der Waals surface area contributed by atoms with E-state index in [1.54, 1.807) is 4.90 Å². The molecule has 0 saturated carbocycles. The maximum Gasteiger partial charge on any atom is 0.237 e. The van der Waals surface area contributed by atoms with Crippen LogP contribution in [0.2, 0.25) is 0 Å². The molecule has 2 aromatic carbocycles. The molecule has 0 radical (unpaired) electrons. The molecule has 0 fully saturated rings. The van der Waals surface area contributed by atoms with Crippen LogP contribution in [0.15, 0.2) is 58.9 Å². The maximum absolute atomic E-state index is 12.7. The summed E-state index contributed by atoms with van der Waals surface area (Å²) in [4.78, 5) is 14.3. The average Bonchev–Trinajstić information content (AvgIpc) is 3.15. The van der Waals surface area contributed by atoms with E-state index in [0.29, 0.717) is 11.7 Å². The zero-order chi connectivity index (χ0) is 19.8. The average molecular weight is 410 g/mol. The smallest absolute Gasteiger partial charge is 0.237 e. The third-order valence-electron chi connectivity index (χ3n) is 3.81. The minimum absolute atomic E-state index is 0.0603. The van der Waals surface area contributed by atoms with Crippen LogP contribution < -0.4 is 10.2 Å². The molecule has 0 bridgehead atoms. The van der Waals surface area contributed by atoms with Gasteiger partial charge in [-0.2, -0.15) is 5.26 Å². The lowest BCUT2D eigenvalue weighted by Crippen LogP contribution is -2.33. The highest BCUT2D eigenvalue weighted by Gasteiger charge is 2.17. The van der Waals surface area contributed by atoms with Crippen LogP contribution in [0.1, 0.15) is 12.0 Å². The minimum Gasteiger partial charge on any atom is -0.330 e. The minimum atomic E-state index is -0.0603. The fourth-order valence-electron chi connectivity index (χ4n) is 2.53. The molecule has 0 aliphatic carbocycles. The molecule has 1 N–H and O–H groups in total. The van der Waals surface area contributed by atoms with Crippen LogP contribution in [0.3, 0.4) is 0 Å². The summed E-state index contributed by atoms with van der Waals surface area (Å²) in [5.41, 5.74) is 2.91. The number of nitrogens with one attached hydrogen (secondary N) is 1. The number of para-hydroxylation sites is 1. The Labute approximate surface area is 172 Å². The summed E-state index contributed by atoms with van der Waals surface area (Å²) in [6.07, 6.45) is 0.286. The van der Waals surface area contributed by atoms with Gasteiger partial charge in [-0.05, 0) is 36.8 Å². The molecule has 1 heterocycles. The van der Waals surface area contributed by atoms with Gasteiger partial charge in [-0.25, -0.2) is 0 Å². The molecular weight excluding hydrogens is 390 g/mol. The van der Waals surface area contributed by atoms with Gasteiger partial charge in [0.25, 0.3) is 0 Å². The molecule has 0 unspecified atom stereocenters. The second-order valence-electron chi connectivity index (χ2n) is 5.95. The normalized spacial score (nSPS) is 10.3. The van der Waals surface area contributed by atoms with Crippen molar-refractivity contribution in [3.8, 4) is 6.07 Å². The third kappa shape index (κ3) is 5.55. The van der Waals surface area contributed by atoms with Gasteiger partial charge in [-0.3, -0.25) is 4.79 Å². The summed E-state index contributed by atoms with van der Waals surface area (Å²) in [5, 5.41) is 21.1. The Bertz CT molecular complexity index is 968. The van der Waals surface area contributed by atoms with E-state index in [1.165, 1.54) is 23.1 Å². The molecule has 0 atom stereocenters. The van der Waals surface area contributed by atoms with Crippen molar-refractivity contribution in [2.45, 2.75) is 17.7 Å². The van der Waals surface area contributed by atoms with Gasteiger partial charge in [-0.1, -0.05) is 53.4 Å². The van der Waals surface area contributed by atoms with Crippen molar-refractivity contribution >= 4 is 45.5 Å². The van der Waals surface area contributed by atoms with Crippen molar-refractivity contribution < 1.29 is 4.79 Å². The van der Waals surface area contributed by atoms with Crippen LogP contribution in [0.5, 0.6) is 0 Å². The Balaban J connectivity index is 1.60. The lowest BCUT2D eigenvalue weighted by Gasteiger charge is -2.21. The molecule has 0 aliphatic rings. The number of benzene rings is 2. The molecule has 3 aromatic rings. The van der Waals surface area contributed by atoms with Crippen molar-refractivity contribution in [2.24, 2.45) is 0 Å². The Morgan fingerprint density at radius 1 is 1.21 bits per heavy atom. The molecule has 6 nitrogen and oxygen atoms in total. The molecule has 0 aliphatic heterocycles. The number of nitriles is 1. The lowest BCUT2D eigenvalue weighted by molar-refractivity contribution is -0.116. The first kappa shape index (κ1) is 19.9. The van der Waals surface area contributed by atoms with Crippen molar-refractivity contribution in [1.82, 2.24) is 10.2 Å². The Hall–Kier alpha value is -2.89. The predicted octanol–water partition coefficient (Wildman–Crippen LogP) is 4.63. The van der Waals surface area contributed by atoms with Crippen molar-refractivity contribution in [3.05, 3.63) is 60.2 Å². The van der Waals surface area contributed by atoms with E-state index in [0.717, 1.165) is 21.3 Å². The molecule has 1 amide bonds. The Kier molecular flexibility index (Phi) is 7.00. The van der Waals surface area contributed by atoms with Gasteiger partial charge in [-0.15, -0.1) is 10.2 Å². The zero-order valence-corrected chi connectivity index (χ0v) is 17.0. The summed E-state index contributed by atoms with van der Waals surface area (Å²) in [6, 6.07) is 19.5. The van der Waals surface area contributed by atoms with Gasteiger partial charge in [0.05, 0.1) is 18.2 Å². The summed E-state index contributed by atoms with van der Waals surface area (Å²) in [5.74, 6) is 0.175. The van der Waals surface area contributed by atoms with E-state index in [2.05, 4.69) is 21.6 Å². The third-order valence-corrected chi connectivity index (χ3v) is 5.77. The van der Waals surface area contributed by atoms with Crippen LogP contribution >= 0.6 is 23.1 Å². The topological polar surface area (TPSA) is 81.9 Å². The lowest BCUT2D eigenvalue weighted by atomic mass is 10.2. The van der Waals surface area contributed by atoms with Gasteiger partial charge < -0.3 is 10.2 Å². The summed E-state index contributed by atoms with van der Waals surface area (Å²) >= 11 is 2.76. The summed E-state index contributed by atoms with van der Waals surface area (Å²) in [6.45, 7) is 2.40. The Morgan fingerprint density at radius 3 is 2.79 bits per heavy atom. The van der Waals surface area contributed by atoms with Crippen molar-refractivity contribution in [3.63, 3.8) is 0 Å². The number of aryl methyl sites for hydroxylation is 1. The molecule has 28 heavy (non-hydrogen) atoms. The number of carbonyl (C=O) groups excluding carboxylic acids is 1. The monoisotopic (exact) mass is 409 g/mol. The first-order valence-electron chi connectivity index (χ1n) is 8.68. The molecule has 1 aromatic heterocycles. The van der Waals surface area contributed by atoms with E-state index < -0.39 is 0 Å². The number of rotatable bonds is 8. The fourth-order valence-corrected chi connectivity index (χ4v) is 4.18. The highest BCUT2D eigenvalue weighted by molar-refractivity contribution is 8.01. The second-order valence-corrected chi connectivity index (χ2v) is 8.15. The van der Waals surface area contributed by atoms with E-state index >= 15 is 0 Å². The molecule has 142 valence electrons. The van der Waals surface area contributed by atoms with E-state index in [1.807, 2.05) is 61.5 Å². The number of carbonyl (C=O) groups is 1. The highest BCUT2D eigenvalue weighted by Crippen LogP contribution is 2.28. The number of nitrogens with zero attached hydrogens (tertiary/aromatic N) is 4. The zero-order valence-electron chi connectivity index (χ0n) is 15.3. The van der Waals surface area contributed by atoms with E-state index in [-0.39, 0.29) is 18.1 Å². The van der Waals surface area contributed by atoms with Gasteiger partial charge in [0, 0.05) is 17.9 Å². The van der Waals surface area contributed by atoms with Crippen LogP contribution in [-0.4, -0.2) is 28.4 Å². The molecule has 0 saturated heterocycles. The van der Waals surface area contributed by atoms with Gasteiger partial charge in [0.15, 0.2) is 4.34 Å². The molecular formula is C20H19N5OS2. The van der Waals surface area contributed by atoms with Crippen LogP contribution in [0.25, 0.3) is 0 Å². The first-order chi connectivity index (χ1) is 13.7. The standard InChI is InChI=1S/C20H19N5OS2/c1-15-7-5-8-16(13-15)22-19-23-24-20(28-19)27-14-18(26)25(12-6-11-21)17-9-3-2-4-10-17/h2-5,7-10,13H,6,12,14H2,1H3,(H,22,23). The van der Waals surface area contributed by atoms with E-state index in [9.17, 15) is 4.79 Å². The van der Waals surface area contributed by atoms with Gasteiger partial charge >= 0.3 is 0 Å². The highest BCUT2D eigenvalue weighted by atomic mass is 32.2. The second kappa shape index (κ2) is 9.88. The maximum atomic E-state index is 12.7. The number of hydrogen-bond acceptors (Lipinski definition) is 7. The predicted molar refractivity (Wildman–Crippen MR) is 114 cm³/mol. The summed E-state index contributed by atoms with van der Waals surface area (Å²) < 4.78 is 0.719. The SMILES string of the molecule is Cc1cccc(Nc2nnc(SCC(=O)N(CCC#N)c3ccccc3)s2)c1. The first-order valence-corrected chi connectivity index (χ1v) is 10.5. The van der Waals surface area contributed by atoms with Gasteiger partial charge in [0.2, 0.25) is 11.0 Å². The number of aromatic nitrogens is 2. The van der Waals surface area contributed by atoms with Gasteiger partial charge in [0.1, 0.15) is 0 Å². The van der Waals surface area contributed by atoms with Crippen LogP contribution in [0, 0.1) is 18.3 Å². The quantitative estimate of drug-likeness (QED) is 0.546. The largest absolute Gasteiger partial charge is 0.330 e. The van der Waals surface area contributed by atoms with Crippen LogP contribution in [-0.2, 0) is 4.79 Å². The number of thioether (sulfide) groups is 1.